The van der Waals surface area contributed by atoms with Crippen LogP contribution < -0.4 is 10.3 Å². The zero-order chi connectivity index (χ0) is 20.9. The number of ether oxygens (including phenoxy) is 1. The van der Waals surface area contributed by atoms with Crippen molar-refractivity contribution in [1.29, 1.82) is 0 Å². The van der Waals surface area contributed by atoms with Crippen LogP contribution >= 0.6 is 12.4 Å². The third-order valence-corrected chi connectivity index (χ3v) is 5.61. The maximum absolute atomic E-state index is 13.0. The molecule has 0 N–H and O–H groups in total. The van der Waals surface area contributed by atoms with Gasteiger partial charge in [0.15, 0.2) is 0 Å². The van der Waals surface area contributed by atoms with E-state index in [9.17, 15) is 4.79 Å². The van der Waals surface area contributed by atoms with Gasteiger partial charge < -0.3 is 9.64 Å². The second-order valence-electron chi connectivity index (χ2n) is 7.73. The normalized spacial score (nSPS) is 11.1. The van der Waals surface area contributed by atoms with Gasteiger partial charge in [0, 0.05) is 12.7 Å². The van der Waals surface area contributed by atoms with Gasteiger partial charge in [-0.1, -0.05) is 71.8 Å². The number of halogens is 1. The van der Waals surface area contributed by atoms with Crippen LogP contribution in [0, 0.1) is 0 Å². The van der Waals surface area contributed by atoms with Crippen molar-refractivity contribution >= 4 is 18.1 Å². The van der Waals surface area contributed by atoms with Crippen LogP contribution in [-0.4, -0.2) is 40.5 Å². The summed E-state index contributed by atoms with van der Waals surface area (Å²) in [5.74, 6) is 0.524. The van der Waals surface area contributed by atoms with Gasteiger partial charge in [-0.05, 0) is 38.1 Å². The first-order valence-corrected chi connectivity index (χ1v) is 11.6. The summed E-state index contributed by atoms with van der Waals surface area (Å²) in [4.78, 5) is 20.0. The summed E-state index contributed by atoms with van der Waals surface area (Å²) in [5, 5.41) is 0. The highest BCUT2D eigenvalue weighted by atomic mass is 35.5. The molecule has 0 unspecified atom stereocenters. The van der Waals surface area contributed by atoms with Crippen molar-refractivity contribution in [2.24, 2.45) is 0 Å². The molecule has 0 bridgehead atoms. The summed E-state index contributed by atoms with van der Waals surface area (Å²) in [6.07, 6.45) is 12.5. The predicted molar refractivity (Wildman–Crippen MR) is 128 cm³/mol. The van der Waals surface area contributed by atoms with Gasteiger partial charge in [-0.2, -0.15) is 4.98 Å². The van der Waals surface area contributed by atoms with Crippen molar-refractivity contribution in [2.45, 2.75) is 78.6 Å². The number of aromatic nitrogens is 2. The lowest BCUT2D eigenvalue weighted by molar-refractivity contribution is 0.216. The van der Waals surface area contributed by atoms with Gasteiger partial charge in [0.1, 0.15) is 12.3 Å². The Labute approximate surface area is 188 Å². The first kappa shape index (κ1) is 26.4. The first-order valence-electron chi connectivity index (χ1n) is 11.6. The maximum atomic E-state index is 13.0. The molecule has 2 heterocycles. The quantitative estimate of drug-likeness (QED) is 0.344. The van der Waals surface area contributed by atoms with Gasteiger partial charge in [0.05, 0.1) is 5.56 Å². The number of hydrogen-bond acceptors (Lipinski definition) is 4. The lowest BCUT2D eigenvalue weighted by Gasteiger charge is -2.18. The Balaban J connectivity index is 0.00000450. The predicted octanol–water partition coefficient (Wildman–Crippen LogP) is 5.52. The molecule has 30 heavy (non-hydrogen) atoms. The van der Waals surface area contributed by atoms with E-state index in [-0.39, 0.29) is 18.0 Å². The van der Waals surface area contributed by atoms with Crippen LogP contribution in [0.5, 0.6) is 5.88 Å². The number of rotatable bonds is 15. The first-order chi connectivity index (χ1) is 14.2. The third kappa shape index (κ3) is 8.27. The average molecular weight is 438 g/mol. The van der Waals surface area contributed by atoms with Gasteiger partial charge in [-0.3, -0.25) is 9.20 Å². The number of fused-ring (bicyclic) bond motifs is 1. The standard InChI is InChI=1S/C24H39N3O2.ClH/c1-4-7-8-9-10-11-12-13-16-21-23(29-20-19-26(5-2)6-3)25-22-17-14-15-18-27(22)24(21)28;/h14-15,17-18H,4-13,16,19-20H2,1-3H3;1H. The Kier molecular flexibility index (Phi) is 13.4. The van der Waals surface area contributed by atoms with Crippen LogP contribution in [0.3, 0.4) is 0 Å². The van der Waals surface area contributed by atoms with Crippen molar-refractivity contribution in [1.82, 2.24) is 14.3 Å². The lowest BCUT2D eigenvalue weighted by Crippen LogP contribution is -2.29. The highest BCUT2D eigenvalue weighted by Gasteiger charge is 2.14. The van der Waals surface area contributed by atoms with Crippen LogP contribution in [0.1, 0.15) is 77.7 Å². The molecule has 0 aliphatic carbocycles. The van der Waals surface area contributed by atoms with Crippen LogP contribution in [-0.2, 0) is 6.42 Å². The van der Waals surface area contributed by atoms with Crippen LogP contribution in [0.15, 0.2) is 29.2 Å². The second-order valence-corrected chi connectivity index (χ2v) is 7.73. The summed E-state index contributed by atoms with van der Waals surface area (Å²) >= 11 is 0. The number of likely N-dealkylation sites (N-methyl/N-ethyl adjacent to an activating group) is 1. The monoisotopic (exact) mass is 437 g/mol. The Bertz CT molecular complexity index is 775. The summed E-state index contributed by atoms with van der Waals surface area (Å²) < 4.78 is 7.65. The molecule has 0 fully saturated rings. The third-order valence-electron chi connectivity index (χ3n) is 5.61. The van der Waals surface area contributed by atoms with E-state index >= 15 is 0 Å². The van der Waals surface area contributed by atoms with Crippen LogP contribution in [0.25, 0.3) is 5.65 Å². The van der Waals surface area contributed by atoms with E-state index in [2.05, 4.69) is 30.7 Å². The Morgan fingerprint density at radius 3 is 2.30 bits per heavy atom. The topological polar surface area (TPSA) is 46.8 Å². The summed E-state index contributed by atoms with van der Waals surface area (Å²) in [6, 6.07) is 5.63. The van der Waals surface area contributed by atoms with E-state index in [0.29, 0.717) is 18.1 Å². The van der Waals surface area contributed by atoms with E-state index in [4.69, 9.17) is 4.74 Å². The van der Waals surface area contributed by atoms with Crippen molar-refractivity contribution in [2.75, 3.05) is 26.2 Å². The molecule has 0 saturated carbocycles. The number of hydrogen-bond donors (Lipinski definition) is 0. The van der Waals surface area contributed by atoms with Crippen molar-refractivity contribution in [3.05, 3.63) is 40.3 Å². The van der Waals surface area contributed by atoms with E-state index in [1.807, 2.05) is 18.2 Å². The molecule has 0 atom stereocenters. The summed E-state index contributed by atoms with van der Waals surface area (Å²) in [6.45, 7) is 9.95. The van der Waals surface area contributed by atoms with Crippen molar-refractivity contribution in [3.63, 3.8) is 0 Å². The van der Waals surface area contributed by atoms with E-state index in [0.717, 1.165) is 44.5 Å². The maximum Gasteiger partial charge on any atom is 0.264 e. The van der Waals surface area contributed by atoms with Gasteiger partial charge in [0.25, 0.3) is 5.56 Å². The Morgan fingerprint density at radius 2 is 1.63 bits per heavy atom. The summed E-state index contributed by atoms with van der Waals surface area (Å²) in [5.41, 5.74) is 1.38. The molecular formula is C24H40ClN3O2. The van der Waals surface area contributed by atoms with Gasteiger partial charge in [-0.25, -0.2) is 0 Å². The fraction of sp³-hybridized carbons (Fsp3) is 0.667. The zero-order valence-corrected chi connectivity index (χ0v) is 19.9. The smallest absolute Gasteiger partial charge is 0.264 e. The molecule has 0 saturated heterocycles. The molecule has 0 spiro atoms. The molecule has 2 aromatic heterocycles. The molecule has 170 valence electrons. The van der Waals surface area contributed by atoms with E-state index in [1.165, 1.54) is 38.5 Å². The van der Waals surface area contributed by atoms with Gasteiger partial charge in [0.2, 0.25) is 5.88 Å². The SMILES string of the molecule is CCCCCCCCCCc1c(OCCN(CC)CC)nc2ccccn2c1=O.Cl. The van der Waals surface area contributed by atoms with Crippen molar-refractivity contribution < 1.29 is 4.74 Å². The number of pyridine rings is 1. The molecule has 2 aromatic rings. The minimum absolute atomic E-state index is 0. The Hall–Kier alpha value is -1.59. The van der Waals surface area contributed by atoms with Crippen LogP contribution in [0.4, 0.5) is 0 Å². The van der Waals surface area contributed by atoms with Gasteiger partial charge >= 0.3 is 0 Å². The van der Waals surface area contributed by atoms with Crippen LogP contribution in [0.2, 0.25) is 0 Å². The molecule has 6 heteroatoms. The number of nitrogens with zero attached hydrogens (tertiary/aromatic N) is 3. The lowest BCUT2D eigenvalue weighted by atomic mass is 10.1. The molecule has 0 aliphatic rings. The molecule has 0 radical (unpaired) electrons. The largest absolute Gasteiger partial charge is 0.476 e. The molecule has 0 aliphatic heterocycles. The fourth-order valence-electron chi connectivity index (χ4n) is 3.69. The zero-order valence-electron chi connectivity index (χ0n) is 19.1. The minimum Gasteiger partial charge on any atom is -0.476 e. The second kappa shape index (κ2) is 15.2. The van der Waals surface area contributed by atoms with Crippen molar-refractivity contribution in [3.8, 4) is 5.88 Å². The molecule has 0 amide bonds. The highest BCUT2D eigenvalue weighted by Crippen LogP contribution is 2.17. The molecule has 5 nitrogen and oxygen atoms in total. The highest BCUT2D eigenvalue weighted by molar-refractivity contribution is 5.85. The Morgan fingerprint density at radius 1 is 0.967 bits per heavy atom. The molecular weight excluding hydrogens is 398 g/mol. The van der Waals surface area contributed by atoms with E-state index < -0.39 is 0 Å². The summed E-state index contributed by atoms with van der Waals surface area (Å²) in [7, 11) is 0. The molecule has 0 aromatic carbocycles. The minimum atomic E-state index is 0. The van der Waals surface area contributed by atoms with E-state index in [1.54, 1.807) is 10.6 Å². The fourth-order valence-corrected chi connectivity index (χ4v) is 3.69. The van der Waals surface area contributed by atoms with Gasteiger partial charge in [-0.15, -0.1) is 12.4 Å². The number of unbranched alkanes of at least 4 members (excludes halogenated alkanes) is 7. The molecule has 2 rings (SSSR count). The average Bonchev–Trinajstić information content (AvgIpc) is 2.75.